The molecule has 0 atom stereocenters. The molecule has 1 aromatic heterocycles. The molecule has 0 saturated heterocycles. The molecule has 7 heteroatoms. The molecule has 0 fully saturated rings. The van der Waals surface area contributed by atoms with E-state index in [4.69, 9.17) is 4.52 Å². The van der Waals surface area contributed by atoms with E-state index in [2.05, 4.69) is 9.88 Å². The van der Waals surface area contributed by atoms with Gasteiger partial charge in [0, 0.05) is 18.7 Å². The Morgan fingerprint density at radius 2 is 1.88 bits per heavy atom. The van der Waals surface area contributed by atoms with E-state index in [9.17, 15) is 8.42 Å². The van der Waals surface area contributed by atoms with Crippen molar-refractivity contribution in [1.29, 1.82) is 0 Å². The molecule has 0 aliphatic heterocycles. The number of sulfonamides is 1. The van der Waals surface area contributed by atoms with E-state index in [0.717, 1.165) is 29.0 Å². The van der Waals surface area contributed by atoms with E-state index in [1.54, 1.807) is 24.3 Å². The maximum Gasteiger partial charge on any atom is 0.240 e. The highest BCUT2D eigenvalue weighted by Crippen LogP contribution is 2.15. The molecule has 132 valence electrons. The van der Waals surface area contributed by atoms with Crippen molar-refractivity contribution in [2.75, 3.05) is 20.1 Å². The molecule has 6 nitrogen and oxygen atoms in total. The lowest BCUT2D eigenvalue weighted by Gasteiger charge is -2.15. The Labute approximate surface area is 143 Å². The summed E-state index contributed by atoms with van der Waals surface area (Å²) in [6.45, 7) is 7.48. The SMILES string of the molecule is CCc1noc(CN(C)CCNS(=O)(=O)c2ccc(C)cc2)c1C. The largest absolute Gasteiger partial charge is 0.359 e. The number of aromatic nitrogens is 1. The molecule has 0 radical (unpaired) electrons. The summed E-state index contributed by atoms with van der Waals surface area (Å²) >= 11 is 0. The quantitative estimate of drug-likeness (QED) is 0.789. The highest BCUT2D eigenvalue weighted by atomic mass is 32.2. The Bertz CT molecular complexity index is 767. The van der Waals surface area contributed by atoms with Crippen molar-refractivity contribution in [3.63, 3.8) is 0 Å². The second kappa shape index (κ2) is 7.92. The minimum absolute atomic E-state index is 0.286. The third-order valence-corrected chi connectivity index (χ3v) is 5.46. The van der Waals surface area contributed by atoms with Crippen LogP contribution in [-0.4, -0.2) is 38.6 Å². The minimum atomic E-state index is -3.47. The van der Waals surface area contributed by atoms with Crippen LogP contribution in [0, 0.1) is 13.8 Å². The smallest absolute Gasteiger partial charge is 0.240 e. The Kier molecular flexibility index (Phi) is 6.15. The number of benzene rings is 1. The van der Waals surface area contributed by atoms with E-state index in [0.29, 0.717) is 19.6 Å². The number of rotatable bonds is 8. The van der Waals surface area contributed by atoms with Gasteiger partial charge in [-0.1, -0.05) is 29.8 Å². The molecule has 2 rings (SSSR count). The first-order valence-electron chi connectivity index (χ1n) is 8.02. The predicted octanol–water partition coefficient (Wildman–Crippen LogP) is 2.26. The first kappa shape index (κ1) is 18.6. The van der Waals surface area contributed by atoms with Crippen molar-refractivity contribution < 1.29 is 12.9 Å². The lowest BCUT2D eigenvalue weighted by atomic mass is 10.2. The standard InChI is InChI=1S/C17H25N3O3S/c1-5-16-14(3)17(23-19-16)12-20(4)11-10-18-24(21,22)15-8-6-13(2)7-9-15/h6-9,18H,5,10-12H2,1-4H3. The summed E-state index contributed by atoms with van der Waals surface area (Å²) in [7, 11) is -1.54. The summed E-state index contributed by atoms with van der Waals surface area (Å²) < 4.78 is 32.4. The van der Waals surface area contributed by atoms with Gasteiger partial charge in [-0.05, 0) is 39.4 Å². The third-order valence-electron chi connectivity index (χ3n) is 3.98. The maximum absolute atomic E-state index is 12.2. The summed E-state index contributed by atoms with van der Waals surface area (Å²) in [6.07, 6.45) is 0.843. The molecule has 0 bridgehead atoms. The molecule has 0 aliphatic carbocycles. The number of likely N-dealkylation sites (N-methyl/N-ethyl adjacent to an activating group) is 1. The van der Waals surface area contributed by atoms with Gasteiger partial charge in [-0.25, -0.2) is 13.1 Å². The average molecular weight is 351 g/mol. The Morgan fingerprint density at radius 3 is 2.46 bits per heavy atom. The van der Waals surface area contributed by atoms with Crippen LogP contribution < -0.4 is 4.72 Å². The zero-order valence-electron chi connectivity index (χ0n) is 14.7. The van der Waals surface area contributed by atoms with Crippen molar-refractivity contribution in [2.24, 2.45) is 0 Å². The van der Waals surface area contributed by atoms with Gasteiger partial charge in [-0.15, -0.1) is 0 Å². The zero-order valence-corrected chi connectivity index (χ0v) is 15.5. The van der Waals surface area contributed by atoms with Crippen LogP contribution in [0.15, 0.2) is 33.7 Å². The molecule has 1 aromatic carbocycles. The van der Waals surface area contributed by atoms with Crippen LogP contribution in [0.5, 0.6) is 0 Å². The molecule has 2 aromatic rings. The van der Waals surface area contributed by atoms with Gasteiger partial charge in [0.05, 0.1) is 17.1 Å². The molecule has 1 heterocycles. The highest BCUT2D eigenvalue weighted by Gasteiger charge is 2.15. The van der Waals surface area contributed by atoms with Gasteiger partial charge >= 0.3 is 0 Å². The van der Waals surface area contributed by atoms with Gasteiger partial charge in [-0.2, -0.15) is 0 Å². The fraction of sp³-hybridized carbons (Fsp3) is 0.471. The molecule has 24 heavy (non-hydrogen) atoms. The van der Waals surface area contributed by atoms with Crippen molar-refractivity contribution in [1.82, 2.24) is 14.8 Å². The van der Waals surface area contributed by atoms with Crippen LogP contribution in [0.1, 0.15) is 29.5 Å². The fourth-order valence-corrected chi connectivity index (χ4v) is 3.40. The van der Waals surface area contributed by atoms with Gasteiger partial charge in [0.1, 0.15) is 0 Å². The summed E-state index contributed by atoms with van der Waals surface area (Å²) in [5.74, 6) is 0.829. The summed E-state index contributed by atoms with van der Waals surface area (Å²) in [5.41, 5.74) is 3.07. The van der Waals surface area contributed by atoms with Crippen LogP contribution >= 0.6 is 0 Å². The van der Waals surface area contributed by atoms with Gasteiger partial charge in [0.25, 0.3) is 0 Å². The van der Waals surface area contributed by atoms with Gasteiger partial charge in [0.2, 0.25) is 10.0 Å². The summed E-state index contributed by atoms with van der Waals surface area (Å²) in [5, 5.41) is 4.04. The van der Waals surface area contributed by atoms with Crippen molar-refractivity contribution in [3.8, 4) is 0 Å². The third kappa shape index (κ3) is 4.66. The summed E-state index contributed by atoms with van der Waals surface area (Å²) in [4.78, 5) is 2.29. The lowest BCUT2D eigenvalue weighted by molar-refractivity contribution is 0.274. The van der Waals surface area contributed by atoms with Crippen LogP contribution in [-0.2, 0) is 23.0 Å². The van der Waals surface area contributed by atoms with Crippen molar-refractivity contribution in [3.05, 3.63) is 46.8 Å². The molecule has 0 aliphatic rings. The summed E-state index contributed by atoms with van der Waals surface area (Å²) in [6, 6.07) is 6.81. The predicted molar refractivity (Wildman–Crippen MR) is 93.3 cm³/mol. The van der Waals surface area contributed by atoms with Gasteiger partial charge in [-0.3, -0.25) is 4.90 Å². The van der Waals surface area contributed by atoms with E-state index in [-0.39, 0.29) is 4.90 Å². The van der Waals surface area contributed by atoms with E-state index < -0.39 is 10.0 Å². The first-order chi connectivity index (χ1) is 11.3. The minimum Gasteiger partial charge on any atom is -0.359 e. The Balaban J connectivity index is 1.86. The van der Waals surface area contributed by atoms with E-state index in [1.807, 2.05) is 32.7 Å². The van der Waals surface area contributed by atoms with Crippen LogP contribution in [0.2, 0.25) is 0 Å². The highest BCUT2D eigenvalue weighted by molar-refractivity contribution is 7.89. The van der Waals surface area contributed by atoms with Crippen molar-refractivity contribution >= 4 is 10.0 Å². The van der Waals surface area contributed by atoms with E-state index in [1.165, 1.54) is 0 Å². The topological polar surface area (TPSA) is 75.4 Å². The molecular formula is C17H25N3O3S. The lowest BCUT2D eigenvalue weighted by Crippen LogP contribution is -2.32. The first-order valence-corrected chi connectivity index (χ1v) is 9.50. The molecular weight excluding hydrogens is 326 g/mol. The normalized spacial score (nSPS) is 12.0. The van der Waals surface area contributed by atoms with Gasteiger partial charge < -0.3 is 4.52 Å². The monoisotopic (exact) mass is 351 g/mol. The number of hydrogen-bond donors (Lipinski definition) is 1. The van der Waals surface area contributed by atoms with E-state index >= 15 is 0 Å². The second-order valence-corrected chi connectivity index (χ2v) is 7.75. The molecule has 0 saturated carbocycles. The second-order valence-electron chi connectivity index (χ2n) is 5.98. The Morgan fingerprint density at radius 1 is 1.21 bits per heavy atom. The number of aryl methyl sites for hydroxylation is 2. The zero-order chi connectivity index (χ0) is 17.7. The van der Waals surface area contributed by atoms with Gasteiger partial charge in [0.15, 0.2) is 5.76 Å². The number of hydrogen-bond acceptors (Lipinski definition) is 5. The molecule has 0 spiro atoms. The fourth-order valence-electron chi connectivity index (χ4n) is 2.38. The number of nitrogens with one attached hydrogen (secondary N) is 1. The van der Waals surface area contributed by atoms with Crippen molar-refractivity contribution in [2.45, 2.75) is 38.6 Å². The maximum atomic E-state index is 12.2. The molecule has 1 N–H and O–H groups in total. The van der Waals surface area contributed by atoms with Crippen LogP contribution in [0.4, 0.5) is 0 Å². The van der Waals surface area contributed by atoms with Crippen LogP contribution in [0.3, 0.4) is 0 Å². The molecule has 0 amide bonds. The average Bonchev–Trinajstić information content (AvgIpc) is 2.88. The van der Waals surface area contributed by atoms with Crippen LogP contribution in [0.25, 0.3) is 0 Å². The molecule has 0 unspecified atom stereocenters. The Hall–Kier alpha value is -1.70. The number of nitrogens with zero attached hydrogens (tertiary/aromatic N) is 2.